The molecule has 0 aliphatic heterocycles. The molecular formula is C24H35O6Y-. The molecule has 0 heterocycles. The fourth-order valence-electron chi connectivity index (χ4n) is 7.28. The molecule has 0 aromatic carbocycles. The fourth-order valence-corrected chi connectivity index (χ4v) is 7.28. The summed E-state index contributed by atoms with van der Waals surface area (Å²) in [6, 6.07) is 0. The van der Waals surface area contributed by atoms with Crippen molar-refractivity contribution < 1.29 is 62.0 Å². The van der Waals surface area contributed by atoms with E-state index >= 15 is 0 Å². The van der Waals surface area contributed by atoms with Gasteiger partial charge in [0, 0.05) is 52.3 Å². The molecular weight excluding hydrogens is 473 g/mol. The third-order valence-electron chi connectivity index (χ3n) is 8.50. The van der Waals surface area contributed by atoms with Gasteiger partial charge in [-0.1, -0.05) is 45.3 Å². The number of hydrogen-bond donors (Lipinski definition) is 2. The zero-order valence-electron chi connectivity index (χ0n) is 18.2. The SMILES string of the molecule is C.COC1CC2C3CCC4=CC(=O)C=C[C@]4(C)[C-]3C(O)C[C@]2(C)C1(OC)C(=O)CO.[Y]. The third kappa shape index (κ3) is 3.43. The molecule has 6 nitrogen and oxygen atoms in total. The number of hydrogen-bond acceptors (Lipinski definition) is 6. The quantitative estimate of drug-likeness (QED) is 0.567. The van der Waals surface area contributed by atoms with Crippen molar-refractivity contribution in [3.63, 3.8) is 0 Å². The molecule has 0 bridgehead atoms. The first kappa shape index (κ1) is 27.0. The molecule has 171 valence electrons. The van der Waals surface area contributed by atoms with Gasteiger partial charge in [0.2, 0.25) is 0 Å². The Kier molecular flexibility index (Phi) is 8.01. The Morgan fingerprint density at radius 2 is 2.00 bits per heavy atom. The number of ether oxygens (including phenoxy) is 2. The van der Waals surface area contributed by atoms with Gasteiger partial charge in [-0.05, 0) is 31.4 Å². The van der Waals surface area contributed by atoms with Crippen LogP contribution in [0.2, 0.25) is 0 Å². The minimum atomic E-state index is -1.29. The molecule has 4 rings (SSSR count). The Hall–Kier alpha value is -0.236. The van der Waals surface area contributed by atoms with Crippen molar-refractivity contribution in [1.29, 1.82) is 0 Å². The Labute approximate surface area is 210 Å². The summed E-state index contributed by atoms with van der Waals surface area (Å²) < 4.78 is 11.6. The van der Waals surface area contributed by atoms with E-state index < -0.39 is 41.0 Å². The van der Waals surface area contributed by atoms with Gasteiger partial charge in [0.15, 0.2) is 17.2 Å². The maximum Gasteiger partial charge on any atom is 0.193 e. The van der Waals surface area contributed by atoms with Crippen LogP contribution in [0.4, 0.5) is 0 Å². The summed E-state index contributed by atoms with van der Waals surface area (Å²) in [5.41, 5.74) is -1.34. The van der Waals surface area contributed by atoms with Crippen LogP contribution in [0.25, 0.3) is 0 Å². The Morgan fingerprint density at radius 1 is 1.32 bits per heavy atom. The van der Waals surface area contributed by atoms with Gasteiger partial charge in [-0.2, -0.15) is 5.92 Å². The zero-order valence-corrected chi connectivity index (χ0v) is 21.0. The largest absolute Gasteiger partial charge is 0.425 e. The summed E-state index contributed by atoms with van der Waals surface area (Å²) in [7, 11) is 3.07. The maximum absolute atomic E-state index is 13.0. The van der Waals surface area contributed by atoms with E-state index in [0.29, 0.717) is 12.8 Å². The average Bonchev–Trinajstić information content (AvgIpc) is 2.95. The van der Waals surface area contributed by atoms with Crippen LogP contribution in [0.3, 0.4) is 0 Å². The molecule has 31 heavy (non-hydrogen) atoms. The second-order valence-electron chi connectivity index (χ2n) is 9.43. The van der Waals surface area contributed by atoms with Crippen LogP contribution >= 0.6 is 0 Å². The molecule has 3 saturated carbocycles. The van der Waals surface area contributed by atoms with Gasteiger partial charge in [0.1, 0.15) is 6.61 Å². The Balaban J connectivity index is 0.00000171. The number of carbonyl (C=O) groups excluding carboxylic acids is 2. The number of fused-ring (bicyclic) bond motifs is 5. The molecule has 0 amide bonds. The van der Waals surface area contributed by atoms with Crippen LogP contribution in [0.5, 0.6) is 0 Å². The monoisotopic (exact) mass is 508 g/mol. The molecule has 0 aromatic heterocycles. The van der Waals surface area contributed by atoms with Crippen molar-refractivity contribution >= 4 is 11.6 Å². The van der Waals surface area contributed by atoms with Crippen molar-refractivity contribution in [1.82, 2.24) is 0 Å². The molecule has 1 radical (unpaired) electrons. The normalized spacial score (nSPS) is 43.7. The molecule has 7 atom stereocenters. The number of Topliss-reactive ketones (excluding diaryl/α,β-unsaturated/α-hetero) is 1. The van der Waals surface area contributed by atoms with E-state index in [4.69, 9.17) is 9.47 Å². The third-order valence-corrected chi connectivity index (χ3v) is 8.50. The topological polar surface area (TPSA) is 93.1 Å². The predicted molar refractivity (Wildman–Crippen MR) is 113 cm³/mol. The Bertz CT molecular complexity index is 793. The van der Waals surface area contributed by atoms with Crippen molar-refractivity contribution in [2.24, 2.45) is 22.7 Å². The first-order chi connectivity index (χ1) is 13.7. The first-order valence-electron chi connectivity index (χ1n) is 10.4. The smallest absolute Gasteiger partial charge is 0.193 e. The molecule has 4 aliphatic carbocycles. The standard InChI is InChI=1S/C23H31O6.CH4.Y/c1-21-8-7-14(25)9-13(21)5-6-15-16-10-19(28-3)23(29-4,18(27)12-24)22(16,2)11-17(26)20(15)21;;/h7-9,15-17,19,24,26H,5-6,10-12H2,1-4H3;1H4;/q-1;;/t15?,16?,17?,19?,21-,22-,23?;;/m0../s1. The number of ketones is 2. The van der Waals surface area contributed by atoms with Crippen molar-refractivity contribution in [2.45, 2.75) is 64.8 Å². The summed E-state index contributed by atoms with van der Waals surface area (Å²) >= 11 is 0. The summed E-state index contributed by atoms with van der Waals surface area (Å²) in [5.74, 6) is 0.812. The van der Waals surface area contributed by atoms with E-state index in [1.54, 1.807) is 19.3 Å². The minimum Gasteiger partial charge on any atom is -0.425 e. The van der Waals surface area contributed by atoms with E-state index in [0.717, 1.165) is 24.3 Å². The number of aliphatic hydroxyl groups excluding tert-OH is 2. The second-order valence-corrected chi connectivity index (χ2v) is 9.43. The van der Waals surface area contributed by atoms with Gasteiger partial charge < -0.3 is 19.7 Å². The van der Waals surface area contributed by atoms with Gasteiger partial charge in [0.25, 0.3) is 0 Å². The number of methoxy groups -OCH3 is 2. The van der Waals surface area contributed by atoms with E-state index in [-0.39, 0.29) is 57.8 Å². The van der Waals surface area contributed by atoms with Crippen molar-refractivity contribution in [3.8, 4) is 0 Å². The van der Waals surface area contributed by atoms with Crippen LogP contribution in [0, 0.1) is 28.6 Å². The molecule has 0 saturated heterocycles. The molecule has 2 N–H and O–H groups in total. The summed E-state index contributed by atoms with van der Waals surface area (Å²) in [6.45, 7) is 3.46. The number of aliphatic hydroxyl groups is 2. The molecule has 0 aromatic rings. The molecule has 3 fully saturated rings. The summed E-state index contributed by atoms with van der Waals surface area (Å²) in [5, 5.41) is 21.1. The molecule has 7 heteroatoms. The number of rotatable bonds is 4. The predicted octanol–water partition coefficient (Wildman–Crippen LogP) is 2.43. The minimum absolute atomic E-state index is 0. The fraction of sp³-hybridized carbons (Fsp3) is 0.708. The molecule has 0 spiro atoms. The summed E-state index contributed by atoms with van der Waals surface area (Å²) in [4.78, 5) is 24.9. The van der Waals surface area contributed by atoms with Gasteiger partial charge in [-0.3, -0.25) is 15.5 Å². The summed E-state index contributed by atoms with van der Waals surface area (Å²) in [6.07, 6.45) is 6.62. The number of carbonyl (C=O) groups is 2. The van der Waals surface area contributed by atoms with E-state index in [1.807, 2.05) is 13.0 Å². The van der Waals surface area contributed by atoms with Crippen LogP contribution in [-0.4, -0.2) is 60.4 Å². The van der Waals surface area contributed by atoms with Gasteiger partial charge in [-0.25, -0.2) is 0 Å². The number of allylic oxidation sites excluding steroid dienone is 4. The van der Waals surface area contributed by atoms with Crippen LogP contribution < -0.4 is 0 Å². The van der Waals surface area contributed by atoms with Crippen molar-refractivity contribution in [3.05, 3.63) is 29.7 Å². The molecule has 5 unspecified atom stereocenters. The van der Waals surface area contributed by atoms with E-state index in [9.17, 15) is 19.8 Å². The van der Waals surface area contributed by atoms with Crippen molar-refractivity contribution in [2.75, 3.05) is 20.8 Å². The second kappa shape index (κ2) is 9.19. The Morgan fingerprint density at radius 3 is 2.58 bits per heavy atom. The average molecular weight is 508 g/mol. The molecule has 4 aliphatic rings. The van der Waals surface area contributed by atoms with E-state index in [1.165, 1.54) is 7.11 Å². The van der Waals surface area contributed by atoms with Gasteiger partial charge >= 0.3 is 0 Å². The van der Waals surface area contributed by atoms with Crippen LogP contribution in [0.15, 0.2) is 23.8 Å². The van der Waals surface area contributed by atoms with E-state index in [2.05, 4.69) is 6.92 Å². The van der Waals surface area contributed by atoms with Crippen LogP contribution in [0.1, 0.15) is 47.0 Å². The van der Waals surface area contributed by atoms with Crippen LogP contribution in [-0.2, 0) is 51.8 Å². The maximum atomic E-state index is 13.0. The zero-order chi connectivity index (χ0) is 21.2. The first-order valence-corrected chi connectivity index (χ1v) is 10.4. The van der Waals surface area contributed by atoms with Gasteiger partial charge in [0.05, 0.1) is 6.10 Å². The van der Waals surface area contributed by atoms with Gasteiger partial charge in [-0.15, -0.1) is 11.5 Å².